The van der Waals surface area contributed by atoms with Crippen LogP contribution in [0.3, 0.4) is 0 Å². The normalized spacial score (nSPS) is 30.0. The summed E-state index contributed by atoms with van der Waals surface area (Å²) >= 11 is 0. The lowest BCUT2D eigenvalue weighted by atomic mass is 10.0. The van der Waals surface area contributed by atoms with Crippen LogP contribution in [-0.4, -0.2) is 41.9 Å². The number of nitrogens with zero attached hydrogens (tertiary/aromatic N) is 1. The van der Waals surface area contributed by atoms with Crippen LogP contribution in [-0.2, 0) is 4.79 Å². The van der Waals surface area contributed by atoms with Crippen molar-refractivity contribution in [3.63, 3.8) is 0 Å². The zero-order valence-corrected chi connectivity index (χ0v) is 14.0. The topological polar surface area (TPSA) is 61.4 Å². The number of piperazine rings is 1. The van der Waals surface area contributed by atoms with Gasteiger partial charge in [-0.3, -0.25) is 9.59 Å². The fraction of sp³-hybridized carbons (Fsp3) is 0.556. The molecule has 124 valence electrons. The number of carbonyl (C=O) groups is 2. The molecule has 1 aromatic carbocycles. The van der Waals surface area contributed by atoms with Gasteiger partial charge >= 0.3 is 0 Å². The smallest absolute Gasteiger partial charge is 0.254 e. The van der Waals surface area contributed by atoms with E-state index in [4.69, 9.17) is 0 Å². The maximum absolute atomic E-state index is 12.8. The number of amides is 2. The van der Waals surface area contributed by atoms with Gasteiger partial charge in [0.05, 0.1) is 0 Å². The molecule has 4 unspecified atom stereocenters. The van der Waals surface area contributed by atoms with Crippen LogP contribution >= 0.6 is 0 Å². The van der Waals surface area contributed by atoms with Crippen molar-refractivity contribution in [2.75, 3.05) is 18.4 Å². The first-order valence-electron chi connectivity index (χ1n) is 8.42. The summed E-state index contributed by atoms with van der Waals surface area (Å²) in [5, 5.41) is 6.31. The number of nitrogens with one attached hydrogen (secondary N) is 2. The molecule has 5 heteroatoms. The Morgan fingerprint density at radius 2 is 2.00 bits per heavy atom. The molecule has 1 saturated carbocycles. The molecule has 0 bridgehead atoms. The highest BCUT2D eigenvalue weighted by Gasteiger charge is 2.39. The van der Waals surface area contributed by atoms with E-state index < -0.39 is 0 Å². The second-order valence-electron chi connectivity index (χ2n) is 6.87. The molecule has 1 saturated heterocycles. The van der Waals surface area contributed by atoms with Gasteiger partial charge in [0.25, 0.3) is 5.91 Å². The molecule has 2 N–H and O–H groups in total. The Balaban J connectivity index is 1.71. The lowest BCUT2D eigenvalue weighted by Crippen LogP contribution is -2.57. The molecular weight excluding hydrogens is 290 g/mol. The summed E-state index contributed by atoms with van der Waals surface area (Å²) in [6, 6.07) is 7.71. The SMILES string of the molecule is CC1CC1C(=O)Nc1cccc(C(=O)N2CCNC(C)C2C)c1. The quantitative estimate of drug-likeness (QED) is 0.898. The third-order valence-electron chi connectivity index (χ3n) is 5.12. The molecule has 2 amide bonds. The summed E-state index contributed by atoms with van der Waals surface area (Å²) in [6.07, 6.45) is 0.959. The number of benzene rings is 1. The average Bonchev–Trinajstić information content (AvgIpc) is 3.27. The van der Waals surface area contributed by atoms with Crippen LogP contribution in [0.4, 0.5) is 5.69 Å². The third kappa shape index (κ3) is 3.39. The summed E-state index contributed by atoms with van der Waals surface area (Å²) in [5.41, 5.74) is 1.34. The van der Waals surface area contributed by atoms with E-state index in [0.717, 1.165) is 13.0 Å². The van der Waals surface area contributed by atoms with Crippen LogP contribution in [0.2, 0.25) is 0 Å². The predicted molar refractivity (Wildman–Crippen MR) is 90.3 cm³/mol. The molecule has 0 radical (unpaired) electrons. The highest BCUT2D eigenvalue weighted by Crippen LogP contribution is 2.38. The molecule has 1 aliphatic heterocycles. The van der Waals surface area contributed by atoms with Gasteiger partial charge in [-0.05, 0) is 44.4 Å². The van der Waals surface area contributed by atoms with Gasteiger partial charge in [0, 0.05) is 42.3 Å². The fourth-order valence-electron chi connectivity index (χ4n) is 3.16. The summed E-state index contributed by atoms with van der Waals surface area (Å²) in [7, 11) is 0. The van der Waals surface area contributed by atoms with Crippen molar-refractivity contribution in [3.05, 3.63) is 29.8 Å². The van der Waals surface area contributed by atoms with Crippen LogP contribution in [0.25, 0.3) is 0 Å². The first-order valence-corrected chi connectivity index (χ1v) is 8.42. The van der Waals surface area contributed by atoms with E-state index in [-0.39, 0.29) is 29.8 Å². The van der Waals surface area contributed by atoms with Crippen LogP contribution in [0, 0.1) is 11.8 Å². The summed E-state index contributed by atoms with van der Waals surface area (Å²) in [5.74, 6) is 0.694. The second-order valence-corrected chi connectivity index (χ2v) is 6.87. The van der Waals surface area contributed by atoms with Crippen molar-refractivity contribution < 1.29 is 9.59 Å². The Hall–Kier alpha value is -1.88. The zero-order chi connectivity index (χ0) is 16.6. The summed E-state index contributed by atoms with van der Waals surface area (Å²) in [6.45, 7) is 7.76. The molecular formula is C18H25N3O2. The molecule has 3 rings (SSSR count). The van der Waals surface area contributed by atoms with Gasteiger partial charge < -0.3 is 15.5 Å². The predicted octanol–water partition coefficient (Wildman–Crippen LogP) is 2.10. The van der Waals surface area contributed by atoms with Crippen LogP contribution < -0.4 is 10.6 Å². The Kier molecular flexibility index (Phi) is 4.39. The van der Waals surface area contributed by atoms with Crippen molar-refractivity contribution in [1.82, 2.24) is 10.2 Å². The molecule has 0 aromatic heterocycles. The number of rotatable bonds is 3. The number of carbonyl (C=O) groups excluding carboxylic acids is 2. The highest BCUT2D eigenvalue weighted by atomic mass is 16.2. The molecule has 5 nitrogen and oxygen atoms in total. The Morgan fingerprint density at radius 3 is 2.70 bits per heavy atom. The zero-order valence-electron chi connectivity index (χ0n) is 14.0. The van der Waals surface area contributed by atoms with Gasteiger partial charge in [-0.1, -0.05) is 13.0 Å². The molecule has 2 aliphatic rings. The molecule has 0 spiro atoms. The van der Waals surface area contributed by atoms with Crippen LogP contribution in [0.5, 0.6) is 0 Å². The minimum atomic E-state index is 0.0294. The minimum absolute atomic E-state index is 0.0294. The first kappa shape index (κ1) is 16.0. The Bertz CT molecular complexity index is 616. The lowest BCUT2D eigenvalue weighted by Gasteiger charge is -2.38. The maximum atomic E-state index is 12.8. The summed E-state index contributed by atoms with van der Waals surface area (Å²) in [4.78, 5) is 26.7. The lowest BCUT2D eigenvalue weighted by molar-refractivity contribution is -0.117. The number of hydrogen-bond donors (Lipinski definition) is 2. The van der Waals surface area contributed by atoms with Crippen LogP contribution in [0.15, 0.2) is 24.3 Å². The molecule has 23 heavy (non-hydrogen) atoms. The fourth-order valence-corrected chi connectivity index (χ4v) is 3.16. The monoisotopic (exact) mass is 315 g/mol. The summed E-state index contributed by atoms with van der Waals surface area (Å²) < 4.78 is 0. The largest absolute Gasteiger partial charge is 0.333 e. The molecule has 4 atom stereocenters. The molecule has 2 fully saturated rings. The third-order valence-corrected chi connectivity index (χ3v) is 5.12. The van der Waals surface area contributed by atoms with E-state index in [0.29, 0.717) is 23.7 Å². The van der Waals surface area contributed by atoms with E-state index in [1.165, 1.54) is 0 Å². The van der Waals surface area contributed by atoms with Gasteiger partial charge in [-0.25, -0.2) is 0 Å². The highest BCUT2D eigenvalue weighted by molar-refractivity contribution is 5.98. The molecule has 1 heterocycles. The van der Waals surface area contributed by atoms with Crippen molar-refractivity contribution >= 4 is 17.5 Å². The van der Waals surface area contributed by atoms with Gasteiger partial charge in [-0.15, -0.1) is 0 Å². The first-order chi connectivity index (χ1) is 11.0. The van der Waals surface area contributed by atoms with Gasteiger partial charge in [0.2, 0.25) is 5.91 Å². The average molecular weight is 315 g/mol. The Morgan fingerprint density at radius 1 is 1.26 bits per heavy atom. The van der Waals surface area contributed by atoms with Crippen molar-refractivity contribution in [2.45, 2.75) is 39.3 Å². The van der Waals surface area contributed by atoms with E-state index in [1.807, 2.05) is 23.1 Å². The van der Waals surface area contributed by atoms with E-state index in [9.17, 15) is 9.59 Å². The molecule has 1 aromatic rings. The second kappa shape index (κ2) is 6.32. The van der Waals surface area contributed by atoms with Gasteiger partial charge in [-0.2, -0.15) is 0 Å². The number of hydrogen-bond acceptors (Lipinski definition) is 3. The van der Waals surface area contributed by atoms with Gasteiger partial charge in [0.1, 0.15) is 0 Å². The van der Waals surface area contributed by atoms with Crippen molar-refractivity contribution in [1.29, 1.82) is 0 Å². The van der Waals surface area contributed by atoms with E-state index in [1.54, 1.807) is 6.07 Å². The molecule has 1 aliphatic carbocycles. The van der Waals surface area contributed by atoms with E-state index in [2.05, 4.69) is 31.4 Å². The standard InChI is InChI=1S/C18H25N3O2/c1-11-9-16(11)17(22)20-15-6-4-5-14(10-15)18(23)21-8-7-19-12(2)13(21)3/h4-6,10-13,16,19H,7-9H2,1-3H3,(H,20,22). The Labute approximate surface area is 137 Å². The van der Waals surface area contributed by atoms with E-state index >= 15 is 0 Å². The van der Waals surface area contributed by atoms with Gasteiger partial charge in [0.15, 0.2) is 0 Å². The number of anilines is 1. The van der Waals surface area contributed by atoms with Crippen molar-refractivity contribution in [2.24, 2.45) is 11.8 Å². The van der Waals surface area contributed by atoms with Crippen molar-refractivity contribution in [3.8, 4) is 0 Å². The maximum Gasteiger partial charge on any atom is 0.254 e. The van der Waals surface area contributed by atoms with Crippen LogP contribution in [0.1, 0.15) is 37.6 Å². The minimum Gasteiger partial charge on any atom is -0.333 e.